The van der Waals surface area contributed by atoms with Crippen LogP contribution in [-0.2, 0) is 4.74 Å². The van der Waals surface area contributed by atoms with Gasteiger partial charge < -0.3 is 20.3 Å². The highest BCUT2D eigenvalue weighted by Crippen LogP contribution is 2.29. The lowest BCUT2D eigenvalue weighted by atomic mass is 10.0. The molecule has 0 saturated carbocycles. The van der Waals surface area contributed by atoms with Gasteiger partial charge in [0.2, 0.25) is 5.95 Å². The minimum absolute atomic E-state index is 0.215. The van der Waals surface area contributed by atoms with Crippen LogP contribution in [0.25, 0.3) is 0 Å². The van der Waals surface area contributed by atoms with Gasteiger partial charge in [0.05, 0.1) is 6.10 Å². The van der Waals surface area contributed by atoms with Crippen LogP contribution >= 0.6 is 24.0 Å². The molecule has 2 aromatic rings. The lowest BCUT2D eigenvalue weighted by Gasteiger charge is -2.34. The van der Waals surface area contributed by atoms with Crippen molar-refractivity contribution in [2.45, 2.75) is 61.4 Å². The maximum atomic E-state index is 5.64. The molecular formula is C20H27N7OS2. The molecule has 0 aromatic carbocycles. The number of thiocarbonyl (C=S) groups is 1. The predicted octanol–water partition coefficient (Wildman–Crippen LogP) is 3.26. The van der Waals surface area contributed by atoms with Crippen molar-refractivity contribution in [1.29, 1.82) is 0 Å². The average Bonchev–Trinajstić information content (AvgIpc) is 3.27. The lowest BCUT2D eigenvalue weighted by Crippen LogP contribution is -2.38. The van der Waals surface area contributed by atoms with Crippen LogP contribution < -0.4 is 15.5 Å². The Kier molecular flexibility index (Phi) is 7.29. The van der Waals surface area contributed by atoms with Crippen molar-refractivity contribution in [1.82, 2.24) is 25.3 Å². The smallest absolute Gasteiger partial charge is 0.232 e. The zero-order valence-corrected chi connectivity index (χ0v) is 18.7. The summed E-state index contributed by atoms with van der Waals surface area (Å²) in [5, 5.41) is 8.31. The Morgan fingerprint density at radius 1 is 1.23 bits per heavy atom. The summed E-state index contributed by atoms with van der Waals surface area (Å²) in [6.07, 6.45) is 9.43. The van der Waals surface area contributed by atoms with Crippen LogP contribution in [0, 0.1) is 0 Å². The maximum absolute atomic E-state index is 5.64. The molecule has 0 spiro atoms. The molecule has 10 heteroatoms. The number of aromatic nitrogens is 4. The predicted molar refractivity (Wildman–Crippen MR) is 122 cm³/mol. The van der Waals surface area contributed by atoms with E-state index in [1.165, 1.54) is 31.0 Å². The summed E-state index contributed by atoms with van der Waals surface area (Å²) in [6.45, 7) is 4.75. The van der Waals surface area contributed by atoms with E-state index >= 15 is 0 Å². The number of rotatable bonds is 6. The number of hydrogen-bond donors (Lipinski definition) is 2. The Bertz CT molecular complexity index is 848. The van der Waals surface area contributed by atoms with Crippen LogP contribution in [-0.4, -0.2) is 56.9 Å². The van der Waals surface area contributed by atoms with Gasteiger partial charge >= 0.3 is 0 Å². The van der Waals surface area contributed by atoms with Gasteiger partial charge in [-0.05, 0) is 69.1 Å². The fraction of sp³-hybridized carbons (Fsp3) is 0.550. The van der Waals surface area contributed by atoms with E-state index in [1.807, 2.05) is 6.07 Å². The topological polar surface area (TPSA) is 88.1 Å². The second kappa shape index (κ2) is 10.3. The third kappa shape index (κ3) is 5.77. The van der Waals surface area contributed by atoms with E-state index in [9.17, 15) is 0 Å². The second-order valence-electron chi connectivity index (χ2n) is 7.53. The zero-order chi connectivity index (χ0) is 20.8. The molecule has 0 aliphatic carbocycles. The molecule has 0 radical (unpaired) electrons. The summed E-state index contributed by atoms with van der Waals surface area (Å²) in [5.74, 6) is 1.38. The van der Waals surface area contributed by atoms with Gasteiger partial charge in [0.25, 0.3) is 0 Å². The molecule has 2 aliphatic heterocycles. The molecule has 4 heterocycles. The van der Waals surface area contributed by atoms with E-state index in [4.69, 9.17) is 21.9 Å². The number of piperidine rings is 1. The molecule has 2 N–H and O–H groups in total. The van der Waals surface area contributed by atoms with Gasteiger partial charge in [-0.25, -0.2) is 15.0 Å². The first-order valence-corrected chi connectivity index (χ1v) is 11.7. The van der Waals surface area contributed by atoms with Crippen molar-refractivity contribution in [3.63, 3.8) is 0 Å². The summed E-state index contributed by atoms with van der Waals surface area (Å²) in [5.41, 5.74) is 0. The summed E-state index contributed by atoms with van der Waals surface area (Å²) in [4.78, 5) is 20.3. The fourth-order valence-corrected chi connectivity index (χ4v) is 4.58. The fourth-order valence-electron chi connectivity index (χ4n) is 3.70. The Labute approximate surface area is 186 Å². The number of anilines is 2. The first-order chi connectivity index (χ1) is 14.7. The van der Waals surface area contributed by atoms with Crippen LogP contribution in [0.4, 0.5) is 11.8 Å². The van der Waals surface area contributed by atoms with Crippen molar-refractivity contribution >= 4 is 40.9 Å². The van der Waals surface area contributed by atoms with Gasteiger partial charge in [0.15, 0.2) is 10.3 Å². The summed E-state index contributed by atoms with van der Waals surface area (Å²) >= 11 is 6.88. The highest BCUT2D eigenvalue weighted by molar-refractivity contribution is 7.99. The molecule has 30 heavy (non-hydrogen) atoms. The van der Waals surface area contributed by atoms with Crippen LogP contribution in [0.5, 0.6) is 0 Å². The third-order valence-electron chi connectivity index (χ3n) is 5.26. The standard InChI is InChI=1S/C20H27N7OS2/c1-14-6-2-3-10-27(14)16-12-17(30-20-21-8-5-9-22-20)25-18(24-16)26-19(29)23-13-15-7-4-11-28-15/h5,8-9,12,14-15H,2-4,6-7,10-11,13H2,1H3,(H2,23,24,25,26,29)/t14-,15+/m0/s1. The SMILES string of the molecule is C[C@H]1CCCCN1c1cc(Sc2ncccn2)nc(NC(=S)NC[C@H]2CCCO2)n1. The van der Waals surface area contributed by atoms with E-state index in [0.29, 0.717) is 28.8 Å². The van der Waals surface area contributed by atoms with Crippen molar-refractivity contribution < 1.29 is 4.74 Å². The van der Waals surface area contributed by atoms with E-state index < -0.39 is 0 Å². The first-order valence-electron chi connectivity index (χ1n) is 10.4. The van der Waals surface area contributed by atoms with E-state index in [0.717, 1.165) is 36.8 Å². The van der Waals surface area contributed by atoms with Crippen LogP contribution in [0.15, 0.2) is 34.7 Å². The molecule has 0 unspecified atom stereocenters. The number of nitrogens with zero attached hydrogens (tertiary/aromatic N) is 5. The first kappa shape index (κ1) is 21.2. The van der Waals surface area contributed by atoms with Gasteiger partial charge in [-0.1, -0.05) is 0 Å². The molecule has 8 nitrogen and oxygen atoms in total. The zero-order valence-electron chi connectivity index (χ0n) is 17.1. The van der Waals surface area contributed by atoms with Crippen LogP contribution in [0.2, 0.25) is 0 Å². The van der Waals surface area contributed by atoms with Gasteiger partial charge in [0, 0.05) is 44.2 Å². The highest BCUT2D eigenvalue weighted by atomic mass is 32.2. The molecule has 2 fully saturated rings. The highest BCUT2D eigenvalue weighted by Gasteiger charge is 2.22. The molecule has 160 valence electrons. The Morgan fingerprint density at radius 2 is 2.10 bits per heavy atom. The molecule has 2 atom stereocenters. The van der Waals surface area contributed by atoms with Crippen molar-refractivity contribution in [3.05, 3.63) is 24.5 Å². The summed E-state index contributed by atoms with van der Waals surface area (Å²) in [7, 11) is 0. The van der Waals surface area contributed by atoms with Gasteiger partial charge in [-0.2, -0.15) is 4.98 Å². The monoisotopic (exact) mass is 445 g/mol. The van der Waals surface area contributed by atoms with Crippen LogP contribution in [0.3, 0.4) is 0 Å². The summed E-state index contributed by atoms with van der Waals surface area (Å²) in [6, 6.07) is 4.25. The van der Waals surface area contributed by atoms with Crippen molar-refractivity contribution in [3.8, 4) is 0 Å². The van der Waals surface area contributed by atoms with E-state index in [1.54, 1.807) is 18.5 Å². The Hall–Kier alpha value is -2.04. The summed E-state index contributed by atoms with van der Waals surface area (Å²) < 4.78 is 5.64. The maximum Gasteiger partial charge on any atom is 0.232 e. The number of nitrogens with one attached hydrogen (secondary N) is 2. The van der Waals surface area contributed by atoms with Crippen LogP contribution in [0.1, 0.15) is 39.0 Å². The Morgan fingerprint density at radius 3 is 2.87 bits per heavy atom. The molecule has 2 aromatic heterocycles. The Balaban J connectivity index is 1.50. The third-order valence-corrected chi connectivity index (χ3v) is 6.32. The minimum Gasteiger partial charge on any atom is -0.376 e. The van der Waals surface area contributed by atoms with E-state index in [-0.39, 0.29) is 6.10 Å². The number of hydrogen-bond acceptors (Lipinski definition) is 8. The number of ether oxygens (including phenoxy) is 1. The molecule has 2 aliphatic rings. The normalized spacial score (nSPS) is 21.4. The average molecular weight is 446 g/mol. The minimum atomic E-state index is 0.215. The largest absolute Gasteiger partial charge is 0.376 e. The van der Waals surface area contributed by atoms with Gasteiger partial charge in [-0.3, -0.25) is 0 Å². The van der Waals surface area contributed by atoms with E-state index in [2.05, 4.69) is 37.4 Å². The van der Waals surface area contributed by atoms with Crippen molar-refractivity contribution in [2.24, 2.45) is 0 Å². The second-order valence-corrected chi connectivity index (χ2v) is 8.93. The molecule has 0 amide bonds. The van der Waals surface area contributed by atoms with Gasteiger partial charge in [0.1, 0.15) is 10.8 Å². The lowest BCUT2D eigenvalue weighted by molar-refractivity contribution is 0.114. The quantitative estimate of drug-likeness (QED) is 0.392. The molecular weight excluding hydrogens is 418 g/mol. The molecule has 2 saturated heterocycles. The van der Waals surface area contributed by atoms with Gasteiger partial charge in [-0.15, -0.1) is 0 Å². The van der Waals surface area contributed by atoms with Crippen molar-refractivity contribution in [2.75, 3.05) is 29.9 Å². The molecule has 4 rings (SSSR count). The molecule has 0 bridgehead atoms.